The number of nitrogens with one attached hydrogen (secondary N) is 1. The summed E-state index contributed by atoms with van der Waals surface area (Å²) in [5.41, 5.74) is -0.688. The van der Waals surface area contributed by atoms with E-state index in [0.29, 0.717) is 5.56 Å². The van der Waals surface area contributed by atoms with Crippen LogP contribution in [0.1, 0.15) is 12.0 Å². The summed E-state index contributed by atoms with van der Waals surface area (Å²) in [6.45, 7) is -0.347. The van der Waals surface area contributed by atoms with Crippen LogP contribution in [0.25, 0.3) is 0 Å². The quantitative estimate of drug-likeness (QED) is 0.853. The largest absolute Gasteiger partial charge is 0.329 e. The number of hydrogen-bond donors (Lipinski definition) is 1. The van der Waals surface area contributed by atoms with Crippen molar-refractivity contribution in [2.24, 2.45) is 4.99 Å². The number of halogens is 2. The van der Waals surface area contributed by atoms with E-state index < -0.39 is 17.9 Å². The summed E-state index contributed by atoms with van der Waals surface area (Å²) >= 11 is 5.72. The Morgan fingerprint density at radius 2 is 2.25 bits per heavy atom. The van der Waals surface area contributed by atoms with Crippen LogP contribution in [0.15, 0.2) is 14.6 Å². The highest BCUT2D eigenvalue weighted by atomic mass is 35.5. The molecule has 0 saturated heterocycles. The highest BCUT2D eigenvalue weighted by molar-refractivity contribution is 6.66. The molecule has 2 rings (SSSR count). The van der Waals surface area contributed by atoms with E-state index in [0.717, 1.165) is 0 Å². The fraction of sp³-hybridized carbons (Fsp3) is 0.444. The zero-order valence-electron chi connectivity index (χ0n) is 8.30. The van der Waals surface area contributed by atoms with Crippen LogP contribution in [0.5, 0.6) is 0 Å². The molecule has 0 fully saturated rings. The van der Waals surface area contributed by atoms with Crippen LogP contribution < -0.4 is 11.2 Å². The van der Waals surface area contributed by atoms with E-state index in [4.69, 9.17) is 11.6 Å². The van der Waals surface area contributed by atoms with Crippen molar-refractivity contribution in [2.45, 2.75) is 19.4 Å². The second-order valence-corrected chi connectivity index (χ2v) is 3.86. The van der Waals surface area contributed by atoms with E-state index in [1.54, 1.807) is 0 Å². The molecule has 0 radical (unpaired) electrons. The predicted octanol–water partition coefficient (Wildman–Crippen LogP) is 0.721. The molecule has 1 aromatic rings. The highest BCUT2D eigenvalue weighted by Crippen LogP contribution is 2.23. The maximum atomic E-state index is 12.1. The zero-order chi connectivity index (χ0) is 11.7. The second kappa shape index (κ2) is 4.21. The number of fused-ring (bicyclic) bond motifs is 1. The number of aromatic nitrogens is 2. The third-order valence-electron chi connectivity index (χ3n) is 2.33. The number of nitrogens with zero attached hydrogens (tertiary/aromatic N) is 2. The molecule has 0 aliphatic carbocycles. The molecule has 0 unspecified atom stereocenters. The number of aromatic amines is 1. The molecule has 0 saturated carbocycles. The molecule has 2 heterocycles. The van der Waals surface area contributed by atoms with Gasteiger partial charge in [-0.2, -0.15) is 0 Å². The summed E-state index contributed by atoms with van der Waals surface area (Å²) in [6.07, 6.45) is 0.424. The molecular weight excluding hydrogens is 237 g/mol. The van der Waals surface area contributed by atoms with Crippen molar-refractivity contribution in [3.63, 3.8) is 0 Å². The van der Waals surface area contributed by atoms with Gasteiger partial charge in [0.2, 0.25) is 0 Å². The molecular formula is C9H9ClFN3O2. The molecule has 0 bridgehead atoms. The number of alkyl halides is 1. The van der Waals surface area contributed by atoms with Crippen molar-refractivity contribution in [1.29, 1.82) is 0 Å². The fourth-order valence-electron chi connectivity index (χ4n) is 1.61. The van der Waals surface area contributed by atoms with Gasteiger partial charge in [-0.1, -0.05) is 11.6 Å². The van der Waals surface area contributed by atoms with E-state index in [9.17, 15) is 14.0 Å². The van der Waals surface area contributed by atoms with Crippen molar-refractivity contribution >= 4 is 22.6 Å². The second-order valence-electron chi connectivity index (χ2n) is 3.42. The number of aliphatic imine (C=N–C) groups is 1. The van der Waals surface area contributed by atoms with Gasteiger partial charge in [-0.15, -0.1) is 0 Å². The van der Waals surface area contributed by atoms with Crippen molar-refractivity contribution in [3.8, 4) is 0 Å². The van der Waals surface area contributed by atoms with E-state index in [1.165, 1.54) is 4.57 Å². The van der Waals surface area contributed by atoms with E-state index >= 15 is 0 Å². The molecule has 16 heavy (non-hydrogen) atoms. The SMILES string of the molecule is O=c1[nH]c(=O)n(CCCF)c2c1CC(Cl)=N2. The lowest BCUT2D eigenvalue weighted by Gasteiger charge is -2.07. The Labute approximate surface area is 94.6 Å². The summed E-state index contributed by atoms with van der Waals surface area (Å²) in [7, 11) is 0. The summed E-state index contributed by atoms with van der Waals surface area (Å²) < 4.78 is 13.3. The number of rotatable bonds is 3. The minimum atomic E-state index is -0.577. The van der Waals surface area contributed by atoms with Gasteiger partial charge in [-0.3, -0.25) is 18.7 Å². The average Bonchev–Trinajstić information content (AvgIpc) is 2.60. The van der Waals surface area contributed by atoms with Crippen LogP contribution >= 0.6 is 11.6 Å². The van der Waals surface area contributed by atoms with E-state index in [-0.39, 0.29) is 30.4 Å². The van der Waals surface area contributed by atoms with Gasteiger partial charge in [0, 0.05) is 13.0 Å². The topological polar surface area (TPSA) is 67.2 Å². The average molecular weight is 246 g/mol. The monoisotopic (exact) mass is 245 g/mol. The Hall–Kier alpha value is -1.43. The van der Waals surface area contributed by atoms with Gasteiger partial charge in [-0.25, -0.2) is 9.79 Å². The van der Waals surface area contributed by atoms with Gasteiger partial charge in [-0.05, 0) is 6.42 Å². The first kappa shape index (κ1) is 11.1. The number of hydrogen-bond acceptors (Lipinski definition) is 3. The van der Waals surface area contributed by atoms with Gasteiger partial charge in [0.25, 0.3) is 5.56 Å². The van der Waals surface area contributed by atoms with Gasteiger partial charge in [0.05, 0.1) is 12.2 Å². The molecule has 1 aliphatic rings. The molecule has 1 aliphatic heterocycles. The van der Waals surface area contributed by atoms with Gasteiger partial charge >= 0.3 is 5.69 Å². The predicted molar refractivity (Wildman–Crippen MR) is 58.6 cm³/mol. The molecule has 5 nitrogen and oxygen atoms in total. The molecule has 0 aromatic carbocycles. The van der Waals surface area contributed by atoms with Gasteiger partial charge in [0.1, 0.15) is 11.0 Å². The molecule has 86 valence electrons. The maximum absolute atomic E-state index is 12.1. The van der Waals surface area contributed by atoms with Crippen LogP contribution in [-0.2, 0) is 13.0 Å². The normalized spacial score (nSPS) is 13.8. The first-order chi connectivity index (χ1) is 7.63. The standard InChI is InChI=1S/C9H9ClFN3O2/c10-6-4-5-7(12-6)14(3-1-2-11)9(16)13-8(5)15/h1-4H2,(H,13,15,16). The van der Waals surface area contributed by atoms with Crippen LogP contribution in [0.4, 0.5) is 10.2 Å². The van der Waals surface area contributed by atoms with Crippen LogP contribution in [0, 0.1) is 0 Å². The van der Waals surface area contributed by atoms with Gasteiger partial charge in [0.15, 0.2) is 0 Å². The Balaban J connectivity index is 2.56. The van der Waals surface area contributed by atoms with Crippen LogP contribution in [-0.4, -0.2) is 21.4 Å². The van der Waals surface area contributed by atoms with E-state index in [2.05, 4.69) is 9.98 Å². The molecule has 1 aromatic heterocycles. The Kier molecular flexibility index (Phi) is 2.91. The molecule has 1 N–H and O–H groups in total. The van der Waals surface area contributed by atoms with E-state index in [1.807, 2.05) is 0 Å². The first-order valence-electron chi connectivity index (χ1n) is 4.78. The zero-order valence-corrected chi connectivity index (χ0v) is 9.05. The lowest BCUT2D eigenvalue weighted by Crippen LogP contribution is -2.31. The van der Waals surface area contributed by atoms with Crippen molar-refractivity contribution in [1.82, 2.24) is 9.55 Å². The smallest absolute Gasteiger partial charge is 0.278 e. The Bertz CT molecular complexity index is 561. The molecule has 0 amide bonds. The lowest BCUT2D eigenvalue weighted by molar-refractivity contribution is 0.442. The maximum Gasteiger partial charge on any atom is 0.329 e. The van der Waals surface area contributed by atoms with Crippen molar-refractivity contribution in [2.75, 3.05) is 6.67 Å². The van der Waals surface area contributed by atoms with Gasteiger partial charge < -0.3 is 0 Å². The lowest BCUT2D eigenvalue weighted by atomic mass is 10.2. The van der Waals surface area contributed by atoms with Crippen molar-refractivity contribution in [3.05, 3.63) is 26.4 Å². The molecule has 0 atom stereocenters. The fourth-order valence-corrected chi connectivity index (χ4v) is 1.83. The first-order valence-corrected chi connectivity index (χ1v) is 5.16. The summed E-state index contributed by atoms with van der Waals surface area (Å²) in [4.78, 5) is 29.0. The molecule has 0 spiro atoms. The molecule has 7 heteroatoms. The van der Waals surface area contributed by atoms with Crippen molar-refractivity contribution < 1.29 is 4.39 Å². The highest BCUT2D eigenvalue weighted by Gasteiger charge is 2.21. The minimum absolute atomic E-state index is 0.183. The summed E-state index contributed by atoms with van der Waals surface area (Å²) in [6, 6.07) is 0. The number of H-pyrrole nitrogens is 1. The Morgan fingerprint density at radius 3 is 2.94 bits per heavy atom. The summed E-state index contributed by atoms with van der Waals surface area (Å²) in [5.74, 6) is 0.257. The van der Waals surface area contributed by atoms with Crippen LogP contribution in [0.3, 0.4) is 0 Å². The third kappa shape index (κ3) is 1.80. The minimum Gasteiger partial charge on any atom is -0.278 e. The van der Waals surface area contributed by atoms with Crippen LogP contribution in [0.2, 0.25) is 0 Å². The Morgan fingerprint density at radius 1 is 1.50 bits per heavy atom. The summed E-state index contributed by atoms with van der Waals surface area (Å²) in [5, 5.41) is 0.264. The third-order valence-corrected chi connectivity index (χ3v) is 2.55.